The molecule has 0 saturated heterocycles. The van der Waals surface area contributed by atoms with Crippen molar-refractivity contribution in [2.75, 3.05) is 14.1 Å². The van der Waals surface area contributed by atoms with E-state index in [0.29, 0.717) is 17.7 Å². The molecule has 1 aliphatic heterocycles. The molecule has 6 nitrogen and oxygen atoms in total. The van der Waals surface area contributed by atoms with Gasteiger partial charge in [0.25, 0.3) is 5.91 Å². The van der Waals surface area contributed by atoms with E-state index in [-0.39, 0.29) is 11.3 Å². The number of rotatable bonds is 4. The molecular weight excluding hydrogens is 372 g/mol. The molecule has 2 aromatic carbocycles. The van der Waals surface area contributed by atoms with Crippen LogP contribution in [-0.4, -0.2) is 41.6 Å². The Balaban J connectivity index is 2.04. The lowest BCUT2D eigenvalue weighted by Gasteiger charge is -2.16. The summed E-state index contributed by atoms with van der Waals surface area (Å²) < 4.78 is 40.1. The molecule has 0 spiro atoms. The Bertz CT molecular complexity index is 985. The van der Waals surface area contributed by atoms with Crippen LogP contribution in [0, 0.1) is 11.6 Å². The Kier molecular flexibility index (Phi) is 4.74. The zero-order chi connectivity index (χ0) is 20.8. The van der Waals surface area contributed by atoms with Crippen molar-refractivity contribution >= 4 is 11.9 Å². The van der Waals surface area contributed by atoms with Gasteiger partial charge in [-0.05, 0) is 32.0 Å². The van der Waals surface area contributed by atoms with Crippen molar-refractivity contribution in [3.63, 3.8) is 0 Å². The maximum Gasteiger partial charge on any atom is 0.335 e. The quantitative estimate of drug-likeness (QED) is 0.856. The van der Waals surface area contributed by atoms with E-state index in [0.717, 1.165) is 17.0 Å². The highest BCUT2D eigenvalue weighted by molar-refractivity contribution is 5.94. The summed E-state index contributed by atoms with van der Waals surface area (Å²) in [5.74, 6) is -3.86. The van der Waals surface area contributed by atoms with Gasteiger partial charge in [0.1, 0.15) is 22.9 Å². The van der Waals surface area contributed by atoms with Gasteiger partial charge >= 0.3 is 5.97 Å². The van der Waals surface area contributed by atoms with Gasteiger partial charge in [-0.15, -0.1) is 0 Å². The third kappa shape index (κ3) is 3.62. The number of fused-ring (bicyclic) bond motifs is 1. The monoisotopic (exact) mass is 391 g/mol. The van der Waals surface area contributed by atoms with E-state index in [4.69, 9.17) is 9.47 Å². The molecule has 2 aromatic rings. The summed E-state index contributed by atoms with van der Waals surface area (Å²) in [6, 6.07) is 4.14. The molecule has 0 fully saturated rings. The summed E-state index contributed by atoms with van der Waals surface area (Å²) in [6.45, 7) is 3.64. The average molecular weight is 391 g/mol. The largest absolute Gasteiger partial charge is 0.487 e. The number of carboxylic acid groups (broad SMARTS) is 1. The maximum atomic E-state index is 14.5. The van der Waals surface area contributed by atoms with Crippen molar-refractivity contribution in [3.05, 3.63) is 52.6 Å². The standard InChI is InChI=1S/C20H19F2NO5/c1-20(2)9-12-15(5-10(19(25)26)6-16(12)28-20)27-17-8-13(21)11(7-14(17)22)18(24)23(3)4/h5-8H,9H2,1-4H3,(H,25,26). The number of hydrogen-bond donors (Lipinski definition) is 1. The average Bonchev–Trinajstić information content (AvgIpc) is 2.91. The third-order valence-corrected chi connectivity index (χ3v) is 4.28. The molecule has 1 amide bonds. The SMILES string of the molecule is CN(C)C(=O)c1cc(F)c(Oc2cc(C(=O)O)cc3c2CC(C)(C)O3)cc1F. The minimum absolute atomic E-state index is 0.0606. The predicted octanol–water partition coefficient (Wildman–Crippen LogP) is 3.87. The predicted molar refractivity (Wildman–Crippen MR) is 96.3 cm³/mol. The molecule has 0 radical (unpaired) electrons. The van der Waals surface area contributed by atoms with Crippen LogP contribution in [0.15, 0.2) is 24.3 Å². The van der Waals surface area contributed by atoms with Gasteiger partial charge in [0.15, 0.2) is 11.6 Å². The summed E-state index contributed by atoms with van der Waals surface area (Å²) in [5, 5.41) is 9.30. The molecule has 0 bridgehead atoms. The van der Waals surface area contributed by atoms with Crippen LogP contribution in [0.1, 0.15) is 40.1 Å². The zero-order valence-corrected chi connectivity index (χ0v) is 15.8. The van der Waals surface area contributed by atoms with Crippen molar-refractivity contribution in [1.82, 2.24) is 4.90 Å². The normalized spacial score (nSPS) is 14.2. The number of halogens is 2. The molecule has 0 atom stereocenters. The smallest absolute Gasteiger partial charge is 0.335 e. The number of carbonyl (C=O) groups excluding carboxylic acids is 1. The Labute approximate surface area is 160 Å². The van der Waals surface area contributed by atoms with E-state index in [1.807, 2.05) is 13.8 Å². The molecule has 0 aliphatic carbocycles. The summed E-state index contributed by atoms with van der Waals surface area (Å²) in [7, 11) is 2.85. The highest BCUT2D eigenvalue weighted by Gasteiger charge is 2.34. The second kappa shape index (κ2) is 6.78. The van der Waals surface area contributed by atoms with Gasteiger partial charge in [0.05, 0.1) is 11.1 Å². The van der Waals surface area contributed by atoms with Crippen molar-refractivity contribution < 1.29 is 33.0 Å². The minimum atomic E-state index is -1.21. The Morgan fingerprint density at radius 1 is 1.11 bits per heavy atom. The number of carboxylic acids is 1. The lowest BCUT2D eigenvalue weighted by atomic mass is 10.00. The first kappa shape index (κ1) is 19.6. The van der Waals surface area contributed by atoms with Crippen LogP contribution in [0.2, 0.25) is 0 Å². The first-order valence-corrected chi connectivity index (χ1v) is 8.46. The molecule has 1 N–H and O–H groups in total. The van der Waals surface area contributed by atoms with Gasteiger partial charge in [-0.2, -0.15) is 0 Å². The molecule has 3 rings (SSSR count). The molecule has 0 saturated carbocycles. The van der Waals surface area contributed by atoms with Gasteiger partial charge in [0, 0.05) is 32.1 Å². The second-order valence-corrected chi connectivity index (χ2v) is 7.36. The molecule has 0 unspecified atom stereocenters. The molecule has 8 heteroatoms. The van der Waals surface area contributed by atoms with E-state index >= 15 is 0 Å². The fourth-order valence-electron chi connectivity index (χ4n) is 2.99. The van der Waals surface area contributed by atoms with Gasteiger partial charge in [0.2, 0.25) is 0 Å². The minimum Gasteiger partial charge on any atom is -0.487 e. The van der Waals surface area contributed by atoms with Crippen molar-refractivity contribution in [2.24, 2.45) is 0 Å². The fourth-order valence-corrected chi connectivity index (χ4v) is 2.99. The number of hydrogen-bond acceptors (Lipinski definition) is 4. The van der Waals surface area contributed by atoms with E-state index in [1.54, 1.807) is 0 Å². The third-order valence-electron chi connectivity index (χ3n) is 4.28. The van der Waals surface area contributed by atoms with Crippen LogP contribution in [0.4, 0.5) is 8.78 Å². The number of amides is 1. The van der Waals surface area contributed by atoms with Crippen LogP contribution >= 0.6 is 0 Å². The first-order chi connectivity index (χ1) is 13.0. The van der Waals surface area contributed by atoms with Crippen LogP contribution in [0.5, 0.6) is 17.2 Å². The topological polar surface area (TPSA) is 76.1 Å². The van der Waals surface area contributed by atoms with Gasteiger partial charge in [-0.25, -0.2) is 13.6 Å². The Morgan fingerprint density at radius 2 is 1.79 bits per heavy atom. The van der Waals surface area contributed by atoms with Gasteiger partial charge < -0.3 is 19.5 Å². The summed E-state index contributed by atoms with van der Waals surface area (Å²) in [4.78, 5) is 24.4. The molecule has 28 heavy (non-hydrogen) atoms. The molecule has 0 aromatic heterocycles. The Morgan fingerprint density at radius 3 is 2.39 bits per heavy atom. The fraction of sp³-hybridized carbons (Fsp3) is 0.300. The van der Waals surface area contributed by atoms with Gasteiger partial charge in [-0.1, -0.05) is 0 Å². The lowest BCUT2D eigenvalue weighted by molar-refractivity contribution is 0.0694. The van der Waals surface area contributed by atoms with E-state index in [2.05, 4.69) is 0 Å². The van der Waals surface area contributed by atoms with Crippen LogP contribution in [0.25, 0.3) is 0 Å². The van der Waals surface area contributed by atoms with Crippen LogP contribution in [0.3, 0.4) is 0 Å². The molecule has 1 heterocycles. The number of carbonyl (C=O) groups is 2. The van der Waals surface area contributed by atoms with Crippen molar-refractivity contribution in [1.29, 1.82) is 0 Å². The first-order valence-electron chi connectivity index (χ1n) is 8.46. The highest BCUT2D eigenvalue weighted by atomic mass is 19.1. The van der Waals surface area contributed by atoms with Crippen LogP contribution < -0.4 is 9.47 Å². The van der Waals surface area contributed by atoms with Gasteiger partial charge in [-0.3, -0.25) is 4.79 Å². The van der Waals surface area contributed by atoms with Crippen molar-refractivity contribution in [3.8, 4) is 17.2 Å². The number of nitrogens with zero attached hydrogens (tertiary/aromatic N) is 1. The van der Waals surface area contributed by atoms with Crippen LogP contribution in [-0.2, 0) is 6.42 Å². The Hall–Kier alpha value is -3.16. The number of aromatic carboxylic acids is 1. The second-order valence-electron chi connectivity index (χ2n) is 7.36. The van der Waals surface area contributed by atoms with E-state index in [1.165, 1.54) is 26.2 Å². The molecule has 1 aliphatic rings. The van der Waals surface area contributed by atoms with E-state index < -0.39 is 40.4 Å². The number of benzene rings is 2. The maximum absolute atomic E-state index is 14.5. The van der Waals surface area contributed by atoms with Crippen molar-refractivity contribution in [2.45, 2.75) is 25.9 Å². The highest BCUT2D eigenvalue weighted by Crippen LogP contribution is 2.43. The lowest BCUT2D eigenvalue weighted by Crippen LogP contribution is -2.24. The molecule has 148 valence electrons. The molecular formula is C20H19F2NO5. The summed E-state index contributed by atoms with van der Waals surface area (Å²) in [6.07, 6.45) is 0.402. The number of ether oxygens (including phenoxy) is 2. The zero-order valence-electron chi connectivity index (χ0n) is 15.8. The summed E-state index contributed by atoms with van der Waals surface area (Å²) >= 11 is 0. The summed E-state index contributed by atoms with van der Waals surface area (Å²) in [5.41, 5.74) is -0.567. The van der Waals surface area contributed by atoms with E-state index in [9.17, 15) is 23.5 Å².